The lowest BCUT2D eigenvalue weighted by Crippen LogP contribution is -2.63. The summed E-state index contributed by atoms with van der Waals surface area (Å²) in [7, 11) is 0. The fourth-order valence-corrected chi connectivity index (χ4v) is 2.61. The van der Waals surface area contributed by atoms with E-state index in [1.807, 2.05) is 20.8 Å². The molecule has 25 heavy (non-hydrogen) atoms. The molecule has 1 unspecified atom stereocenters. The zero-order chi connectivity index (χ0) is 19.3. The zero-order valence-electron chi connectivity index (χ0n) is 16.3. The Morgan fingerprint density at radius 1 is 1.32 bits per heavy atom. The fraction of sp³-hybridized carbons (Fsp3) is 0.550. The third-order valence-corrected chi connectivity index (χ3v) is 4.34. The standard InChI is InChI=1S/C20H31N3O2/c1-8-11-22-18(25)20(7,15(2)3)23(14-19(4,5)6)17(24)16-10-9-12-21-13-16/h8-10,12-13,15H,1,11,14H2,2-7H3,(H,22,25). The molecule has 0 radical (unpaired) electrons. The van der Waals surface area contributed by atoms with Gasteiger partial charge in [0, 0.05) is 25.5 Å². The Morgan fingerprint density at radius 2 is 1.96 bits per heavy atom. The first-order valence-electron chi connectivity index (χ1n) is 8.65. The van der Waals surface area contributed by atoms with Crippen LogP contribution in [0.25, 0.3) is 0 Å². The predicted molar refractivity (Wildman–Crippen MR) is 101 cm³/mol. The second kappa shape index (κ2) is 8.28. The highest BCUT2D eigenvalue weighted by atomic mass is 16.2. The summed E-state index contributed by atoms with van der Waals surface area (Å²) < 4.78 is 0. The van der Waals surface area contributed by atoms with Crippen molar-refractivity contribution >= 4 is 11.8 Å². The molecule has 1 N–H and O–H groups in total. The topological polar surface area (TPSA) is 62.3 Å². The molecule has 0 aliphatic carbocycles. The third-order valence-electron chi connectivity index (χ3n) is 4.34. The van der Waals surface area contributed by atoms with Gasteiger partial charge in [-0.2, -0.15) is 0 Å². The number of rotatable bonds is 7. The molecule has 0 spiro atoms. The molecule has 0 aromatic carbocycles. The Bertz CT molecular complexity index is 605. The van der Waals surface area contributed by atoms with E-state index in [0.29, 0.717) is 18.7 Å². The Kier molecular flexibility index (Phi) is 6.91. The van der Waals surface area contributed by atoms with Gasteiger partial charge in [0.15, 0.2) is 0 Å². The van der Waals surface area contributed by atoms with Gasteiger partial charge in [0.1, 0.15) is 5.54 Å². The smallest absolute Gasteiger partial charge is 0.256 e. The summed E-state index contributed by atoms with van der Waals surface area (Å²) in [6.45, 7) is 16.4. The van der Waals surface area contributed by atoms with Gasteiger partial charge in [-0.05, 0) is 30.4 Å². The van der Waals surface area contributed by atoms with E-state index in [1.54, 1.807) is 35.5 Å². The quantitative estimate of drug-likeness (QED) is 0.771. The van der Waals surface area contributed by atoms with Gasteiger partial charge in [0.05, 0.1) is 5.56 Å². The highest BCUT2D eigenvalue weighted by molar-refractivity contribution is 5.99. The van der Waals surface area contributed by atoms with E-state index in [1.165, 1.54) is 0 Å². The molecule has 0 aliphatic rings. The lowest BCUT2D eigenvalue weighted by atomic mass is 9.82. The van der Waals surface area contributed by atoms with Gasteiger partial charge in [-0.1, -0.05) is 40.7 Å². The molecule has 0 saturated heterocycles. The van der Waals surface area contributed by atoms with Crippen molar-refractivity contribution in [2.45, 2.75) is 47.1 Å². The minimum absolute atomic E-state index is 0.0692. The molecular weight excluding hydrogens is 314 g/mol. The van der Waals surface area contributed by atoms with Crippen LogP contribution in [-0.4, -0.2) is 40.3 Å². The van der Waals surface area contributed by atoms with Crippen molar-refractivity contribution in [1.82, 2.24) is 15.2 Å². The molecule has 0 bridgehead atoms. The second-order valence-corrected chi connectivity index (χ2v) is 7.99. The van der Waals surface area contributed by atoms with E-state index in [-0.39, 0.29) is 23.1 Å². The van der Waals surface area contributed by atoms with Gasteiger partial charge in [0.25, 0.3) is 5.91 Å². The molecule has 1 rings (SSSR count). The van der Waals surface area contributed by atoms with E-state index < -0.39 is 5.54 Å². The van der Waals surface area contributed by atoms with Crippen LogP contribution in [0.2, 0.25) is 0 Å². The average molecular weight is 345 g/mol. The molecule has 1 aromatic heterocycles. The van der Waals surface area contributed by atoms with Crippen molar-refractivity contribution in [2.75, 3.05) is 13.1 Å². The number of aromatic nitrogens is 1. The van der Waals surface area contributed by atoms with Gasteiger partial charge in [-0.25, -0.2) is 0 Å². The highest BCUT2D eigenvalue weighted by Crippen LogP contribution is 2.30. The number of carbonyl (C=O) groups is 2. The first kappa shape index (κ1) is 20.9. The summed E-state index contributed by atoms with van der Waals surface area (Å²) in [6, 6.07) is 3.46. The van der Waals surface area contributed by atoms with Crippen LogP contribution < -0.4 is 5.32 Å². The summed E-state index contributed by atoms with van der Waals surface area (Å²) >= 11 is 0. The van der Waals surface area contributed by atoms with Crippen molar-refractivity contribution in [3.05, 3.63) is 42.7 Å². The molecule has 0 saturated carbocycles. The average Bonchev–Trinajstić information content (AvgIpc) is 2.55. The predicted octanol–water partition coefficient (Wildman–Crippen LogP) is 3.29. The Hall–Kier alpha value is -2.17. The maximum Gasteiger partial charge on any atom is 0.256 e. The van der Waals surface area contributed by atoms with Gasteiger partial charge < -0.3 is 10.2 Å². The molecule has 2 amide bonds. The van der Waals surface area contributed by atoms with E-state index in [2.05, 4.69) is 37.7 Å². The van der Waals surface area contributed by atoms with Crippen LogP contribution in [0.4, 0.5) is 0 Å². The molecule has 0 aliphatic heterocycles. The van der Waals surface area contributed by atoms with E-state index >= 15 is 0 Å². The molecule has 5 heteroatoms. The summed E-state index contributed by atoms with van der Waals surface area (Å²) in [5, 5.41) is 2.86. The number of nitrogens with zero attached hydrogens (tertiary/aromatic N) is 2. The monoisotopic (exact) mass is 345 g/mol. The number of amides is 2. The molecule has 5 nitrogen and oxygen atoms in total. The molecule has 1 atom stereocenters. The largest absolute Gasteiger partial charge is 0.351 e. The van der Waals surface area contributed by atoms with Crippen LogP contribution in [0.5, 0.6) is 0 Å². The maximum absolute atomic E-state index is 13.2. The number of carbonyl (C=O) groups excluding carboxylic acids is 2. The lowest BCUT2D eigenvalue weighted by Gasteiger charge is -2.45. The first-order chi connectivity index (χ1) is 11.5. The van der Waals surface area contributed by atoms with Crippen LogP contribution in [0.3, 0.4) is 0 Å². The first-order valence-corrected chi connectivity index (χ1v) is 8.65. The molecular formula is C20H31N3O2. The summed E-state index contributed by atoms with van der Waals surface area (Å²) in [6.07, 6.45) is 4.80. The van der Waals surface area contributed by atoms with E-state index in [0.717, 1.165) is 0 Å². The van der Waals surface area contributed by atoms with Crippen molar-refractivity contribution in [3.63, 3.8) is 0 Å². The number of pyridine rings is 1. The Balaban J connectivity index is 3.37. The number of nitrogens with one attached hydrogen (secondary N) is 1. The number of hydrogen-bond donors (Lipinski definition) is 1. The van der Waals surface area contributed by atoms with E-state index in [4.69, 9.17) is 0 Å². The van der Waals surface area contributed by atoms with Crippen molar-refractivity contribution in [2.24, 2.45) is 11.3 Å². The van der Waals surface area contributed by atoms with Gasteiger partial charge in [-0.3, -0.25) is 14.6 Å². The van der Waals surface area contributed by atoms with Crippen LogP contribution in [0, 0.1) is 11.3 Å². The third kappa shape index (κ3) is 5.15. The van der Waals surface area contributed by atoms with Crippen molar-refractivity contribution in [3.8, 4) is 0 Å². The zero-order valence-corrected chi connectivity index (χ0v) is 16.3. The normalized spacial score (nSPS) is 13.9. The van der Waals surface area contributed by atoms with Crippen LogP contribution >= 0.6 is 0 Å². The minimum Gasteiger partial charge on any atom is -0.351 e. The SMILES string of the molecule is C=CCNC(=O)C(C)(C(C)C)N(CC(C)(C)C)C(=O)c1cccnc1. The van der Waals surface area contributed by atoms with Crippen molar-refractivity contribution in [1.29, 1.82) is 0 Å². The van der Waals surface area contributed by atoms with Crippen LogP contribution in [0.1, 0.15) is 51.9 Å². The van der Waals surface area contributed by atoms with Gasteiger partial charge in [0.2, 0.25) is 5.91 Å². The summed E-state index contributed by atoms with van der Waals surface area (Å²) in [4.78, 5) is 31.9. The van der Waals surface area contributed by atoms with E-state index in [9.17, 15) is 9.59 Å². The maximum atomic E-state index is 13.2. The molecule has 0 fully saturated rings. The molecule has 1 heterocycles. The van der Waals surface area contributed by atoms with Gasteiger partial charge in [-0.15, -0.1) is 6.58 Å². The van der Waals surface area contributed by atoms with Gasteiger partial charge >= 0.3 is 0 Å². The summed E-state index contributed by atoms with van der Waals surface area (Å²) in [5.74, 6) is -0.433. The lowest BCUT2D eigenvalue weighted by molar-refractivity contribution is -0.134. The Labute approximate surface area is 151 Å². The highest BCUT2D eigenvalue weighted by Gasteiger charge is 2.46. The van der Waals surface area contributed by atoms with Crippen molar-refractivity contribution < 1.29 is 9.59 Å². The number of hydrogen-bond acceptors (Lipinski definition) is 3. The second-order valence-electron chi connectivity index (χ2n) is 7.99. The molecule has 1 aromatic rings. The van der Waals surface area contributed by atoms with Crippen LogP contribution in [-0.2, 0) is 4.79 Å². The minimum atomic E-state index is -0.983. The fourth-order valence-electron chi connectivity index (χ4n) is 2.61. The summed E-state index contributed by atoms with van der Waals surface area (Å²) in [5.41, 5.74) is -0.661. The van der Waals surface area contributed by atoms with Crippen LogP contribution in [0.15, 0.2) is 37.2 Å². The molecule has 138 valence electrons. The Morgan fingerprint density at radius 3 is 2.40 bits per heavy atom.